The van der Waals surface area contributed by atoms with Gasteiger partial charge >= 0.3 is 0 Å². The molecule has 3 rings (SSSR count). The van der Waals surface area contributed by atoms with E-state index in [1.54, 1.807) is 0 Å². The Labute approximate surface area is 119 Å². The van der Waals surface area contributed by atoms with Gasteiger partial charge in [-0.2, -0.15) is 0 Å². The van der Waals surface area contributed by atoms with Gasteiger partial charge in [0.05, 0.1) is 0 Å². The van der Waals surface area contributed by atoms with Crippen molar-refractivity contribution in [3.63, 3.8) is 0 Å². The normalized spacial score (nSPS) is 18.9. The molecule has 20 heavy (non-hydrogen) atoms. The second-order valence-corrected chi connectivity index (χ2v) is 6.40. The molecule has 0 amide bonds. The molecular weight excluding hydrogens is 250 g/mol. The first-order valence-electron chi connectivity index (χ1n) is 7.26. The largest absolute Gasteiger partial charge is 0.423 e. The van der Waals surface area contributed by atoms with Gasteiger partial charge in [0, 0.05) is 17.3 Å². The maximum Gasteiger partial charge on any atom is 0.247 e. The van der Waals surface area contributed by atoms with E-state index in [1.165, 1.54) is 32.1 Å². The molecule has 1 saturated carbocycles. The molecule has 1 aliphatic carbocycles. The van der Waals surface area contributed by atoms with Crippen LogP contribution in [-0.2, 0) is 0 Å². The molecular formula is C16H21N3O. The van der Waals surface area contributed by atoms with Crippen LogP contribution < -0.4 is 5.32 Å². The van der Waals surface area contributed by atoms with Crippen molar-refractivity contribution >= 4 is 5.69 Å². The van der Waals surface area contributed by atoms with Crippen LogP contribution in [0.1, 0.15) is 39.5 Å². The summed E-state index contributed by atoms with van der Waals surface area (Å²) >= 11 is 0. The lowest BCUT2D eigenvalue weighted by Gasteiger charge is -2.35. The molecule has 0 unspecified atom stereocenters. The minimum Gasteiger partial charge on any atom is -0.423 e. The quantitative estimate of drug-likeness (QED) is 0.912. The van der Waals surface area contributed by atoms with E-state index in [1.807, 2.05) is 12.1 Å². The van der Waals surface area contributed by atoms with Gasteiger partial charge in [-0.15, -0.1) is 10.2 Å². The lowest BCUT2D eigenvalue weighted by molar-refractivity contribution is 0.232. The smallest absolute Gasteiger partial charge is 0.247 e. The summed E-state index contributed by atoms with van der Waals surface area (Å²) in [5.41, 5.74) is 2.63. The molecule has 1 aromatic heterocycles. The van der Waals surface area contributed by atoms with Crippen LogP contribution in [0.5, 0.6) is 0 Å². The first-order valence-corrected chi connectivity index (χ1v) is 7.26. The Morgan fingerprint density at radius 1 is 1.15 bits per heavy atom. The van der Waals surface area contributed by atoms with Gasteiger partial charge in [0.25, 0.3) is 0 Å². The summed E-state index contributed by atoms with van der Waals surface area (Å²) in [6, 6.07) is 8.79. The molecule has 1 heterocycles. The summed E-state index contributed by atoms with van der Waals surface area (Å²) in [5, 5.41) is 11.2. The van der Waals surface area contributed by atoms with Crippen LogP contribution in [0, 0.1) is 5.41 Å². The summed E-state index contributed by atoms with van der Waals surface area (Å²) < 4.78 is 5.19. The third kappa shape index (κ3) is 3.00. The maximum absolute atomic E-state index is 5.19. The molecule has 0 saturated heterocycles. The highest BCUT2D eigenvalue weighted by atomic mass is 16.4. The zero-order chi connectivity index (χ0) is 14.0. The molecule has 2 aromatic rings. The lowest BCUT2D eigenvalue weighted by atomic mass is 9.75. The number of nitrogens with one attached hydrogen (secondary N) is 1. The van der Waals surface area contributed by atoms with E-state index in [4.69, 9.17) is 4.42 Å². The summed E-state index contributed by atoms with van der Waals surface area (Å²) in [4.78, 5) is 0. The summed E-state index contributed by atoms with van der Waals surface area (Å²) in [6.07, 6.45) is 6.44. The molecule has 4 heteroatoms. The van der Waals surface area contributed by atoms with Crippen molar-refractivity contribution in [1.82, 2.24) is 10.2 Å². The Kier molecular flexibility index (Phi) is 3.47. The average molecular weight is 271 g/mol. The maximum atomic E-state index is 5.19. The van der Waals surface area contributed by atoms with E-state index in [2.05, 4.69) is 41.5 Å². The van der Waals surface area contributed by atoms with E-state index in [0.717, 1.165) is 11.3 Å². The highest BCUT2D eigenvalue weighted by molar-refractivity contribution is 5.58. The monoisotopic (exact) mass is 271 g/mol. The predicted octanol–water partition coefficient (Wildman–Crippen LogP) is 4.12. The van der Waals surface area contributed by atoms with Gasteiger partial charge < -0.3 is 9.73 Å². The lowest BCUT2D eigenvalue weighted by Crippen LogP contribution is -2.29. The number of hydrogen-bond acceptors (Lipinski definition) is 4. The molecule has 0 atom stereocenters. The van der Waals surface area contributed by atoms with E-state index < -0.39 is 0 Å². The van der Waals surface area contributed by atoms with Crippen LogP contribution in [0.25, 0.3) is 11.5 Å². The fraction of sp³-hybridized carbons (Fsp3) is 0.500. The second kappa shape index (κ2) is 5.27. The van der Waals surface area contributed by atoms with E-state index in [9.17, 15) is 0 Å². The molecule has 1 fully saturated rings. The third-order valence-electron chi connectivity index (χ3n) is 4.20. The first kappa shape index (κ1) is 13.2. The van der Waals surface area contributed by atoms with Gasteiger partial charge in [-0.25, -0.2) is 0 Å². The third-order valence-corrected chi connectivity index (χ3v) is 4.20. The molecule has 1 aromatic carbocycles. The van der Waals surface area contributed by atoms with Crippen molar-refractivity contribution in [1.29, 1.82) is 0 Å². The summed E-state index contributed by atoms with van der Waals surface area (Å²) in [7, 11) is 0. The van der Waals surface area contributed by atoms with Crippen molar-refractivity contribution in [2.45, 2.75) is 45.6 Å². The Bertz CT molecular complexity index is 536. The topological polar surface area (TPSA) is 51.0 Å². The van der Waals surface area contributed by atoms with Gasteiger partial charge in [-0.05, 0) is 55.4 Å². The number of aromatic nitrogens is 2. The van der Waals surface area contributed by atoms with Crippen molar-refractivity contribution < 1.29 is 4.42 Å². The molecule has 0 spiro atoms. The van der Waals surface area contributed by atoms with Crippen molar-refractivity contribution in [2.75, 3.05) is 5.32 Å². The highest BCUT2D eigenvalue weighted by Crippen LogP contribution is 2.36. The molecule has 1 aliphatic rings. The fourth-order valence-corrected chi connectivity index (χ4v) is 2.79. The van der Waals surface area contributed by atoms with Gasteiger partial charge in [-0.1, -0.05) is 13.8 Å². The molecule has 106 valence electrons. The van der Waals surface area contributed by atoms with Gasteiger partial charge in [0.15, 0.2) is 0 Å². The molecule has 1 N–H and O–H groups in total. The Morgan fingerprint density at radius 3 is 2.45 bits per heavy atom. The minimum atomic E-state index is 0.514. The minimum absolute atomic E-state index is 0.514. The van der Waals surface area contributed by atoms with Crippen LogP contribution >= 0.6 is 0 Å². The molecule has 0 bridgehead atoms. The van der Waals surface area contributed by atoms with E-state index in [0.29, 0.717) is 17.3 Å². The second-order valence-electron chi connectivity index (χ2n) is 6.40. The van der Waals surface area contributed by atoms with Gasteiger partial charge in [0.1, 0.15) is 0 Å². The van der Waals surface area contributed by atoms with Crippen LogP contribution in [0.3, 0.4) is 0 Å². The number of benzene rings is 1. The van der Waals surface area contributed by atoms with Crippen LogP contribution in [0.15, 0.2) is 35.1 Å². The zero-order valence-corrected chi connectivity index (χ0v) is 12.1. The number of rotatable bonds is 3. The fourth-order valence-electron chi connectivity index (χ4n) is 2.79. The zero-order valence-electron chi connectivity index (χ0n) is 12.1. The van der Waals surface area contributed by atoms with Crippen molar-refractivity contribution in [2.24, 2.45) is 5.41 Å². The molecule has 0 aliphatic heterocycles. The Morgan fingerprint density at radius 2 is 1.85 bits per heavy atom. The van der Waals surface area contributed by atoms with Crippen LogP contribution in [0.4, 0.5) is 5.69 Å². The standard InChI is InChI=1S/C16H21N3O/c1-16(2)9-7-14(8-10-16)18-13-5-3-12(4-6-13)15-19-17-11-20-15/h3-6,11,14,18H,7-10H2,1-2H3. The highest BCUT2D eigenvalue weighted by Gasteiger charge is 2.26. The summed E-state index contributed by atoms with van der Waals surface area (Å²) in [6.45, 7) is 4.73. The number of hydrogen-bond donors (Lipinski definition) is 1. The van der Waals surface area contributed by atoms with Crippen LogP contribution in [-0.4, -0.2) is 16.2 Å². The summed E-state index contributed by atoms with van der Waals surface area (Å²) in [5.74, 6) is 0.566. The van der Waals surface area contributed by atoms with Crippen LogP contribution in [0.2, 0.25) is 0 Å². The first-order chi connectivity index (χ1) is 9.62. The van der Waals surface area contributed by atoms with E-state index in [-0.39, 0.29) is 0 Å². The van der Waals surface area contributed by atoms with Crippen molar-refractivity contribution in [3.05, 3.63) is 30.7 Å². The SMILES string of the molecule is CC1(C)CCC(Nc2ccc(-c3nnco3)cc2)CC1. The number of nitrogens with zero attached hydrogens (tertiary/aromatic N) is 2. The van der Waals surface area contributed by atoms with E-state index >= 15 is 0 Å². The number of anilines is 1. The Balaban J connectivity index is 1.61. The molecule has 4 nitrogen and oxygen atoms in total. The van der Waals surface area contributed by atoms with Gasteiger partial charge in [-0.3, -0.25) is 0 Å². The van der Waals surface area contributed by atoms with Gasteiger partial charge in [0.2, 0.25) is 12.3 Å². The average Bonchev–Trinajstić information content (AvgIpc) is 2.96. The predicted molar refractivity (Wildman–Crippen MR) is 79.4 cm³/mol. The van der Waals surface area contributed by atoms with Crippen molar-refractivity contribution in [3.8, 4) is 11.5 Å². The molecule has 0 radical (unpaired) electrons. The Hall–Kier alpha value is -1.84.